The van der Waals surface area contributed by atoms with E-state index in [1.54, 1.807) is 12.1 Å². The minimum atomic E-state index is -1.34. The van der Waals surface area contributed by atoms with Gasteiger partial charge in [0.2, 0.25) is 29.5 Å². The maximum absolute atomic E-state index is 14.2. The molecule has 3 aromatic carbocycles. The number of hydrogen-bond donors (Lipinski definition) is 8. The summed E-state index contributed by atoms with van der Waals surface area (Å²) in [6.07, 6.45) is 3.50. The fraction of sp³-hybridized carbons (Fsp3) is 0.405. The van der Waals surface area contributed by atoms with Crippen LogP contribution in [0.3, 0.4) is 0 Å². The van der Waals surface area contributed by atoms with Crippen LogP contribution in [0.15, 0.2) is 71.7 Å². The second-order valence-electron chi connectivity index (χ2n) is 13.3. The molecule has 1 saturated carbocycles. The molecule has 1 aliphatic carbocycles. The van der Waals surface area contributed by atoms with Gasteiger partial charge >= 0.3 is 0 Å². The zero-order chi connectivity index (χ0) is 36.4. The highest BCUT2D eigenvalue weighted by Gasteiger charge is 2.44. The number of guanidine groups is 1. The number of rotatable bonds is 8. The predicted octanol–water partition coefficient (Wildman–Crippen LogP) is 0.788. The number of nitrogens with zero attached hydrogens (tertiary/aromatic N) is 1. The molecule has 1 aliphatic heterocycles. The molecule has 14 nitrogen and oxygen atoms in total. The zero-order valence-electron chi connectivity index (χ0n) is 28.5. The van der Waals surface area contributed by atoms with Gasteiger partial charge in [0.15, 0.2) is 5.96 Å². The normalized spacial score (nSPS) is 21.6. The van der Waals surface area contributed by atoms with Crippen molar-refractivity contribution in [3.63, 3.8) is 0 Å². The zero-order valence-corrected chi connectivity index (χ0v) is 28.5. The quantitative estimate of drug-likeness (QED) is 0.0950. The molecule has 0 bridgehead atoms. The molecule has 3 aromatic rings. The maximum Gasteiger partial charge on any atom is 0.246 e. The monoisotopic (exact) mass is 698 g/mol. The van der Waals surface area contributed by atoms with Gasteiger partial charge in [0.1, 0.15) is 29.4 Å². The van der Waals surface area contributed by atoms with E-state index in [0.717, 1.165) is 22.8 Å². The highest BCUT2D eigenvalue weighted by Crippen LogP contribution is 2.29. The van der Waals surface area contributed by atoms with Crippen LogP contribution < -0.4 is 38.1 Å². The lowest BCUT2D eigenvalue weighted by molar-refractivity contribution is -0.138. The van der Waals surface area contributed by atoms with Crippen LogP contribution in [0.2, 0.25) is 0 Å². The Hall–Kier alpha value is -5.66. The van der Waals surface area contributed by atoms with Crippen molar-refractivity contribution < 1.29 is 29.1 Å². The van der Waals surface area contributed by atoms with Gasteiger partial charge in [-0.2, -0.15) is 0 Å². The van der Waals surface area contributed by atoms with Gasteiger partial charge in [-0.05, 0) is 59.7 Å². The highest BCUT2D eigenvalue weighted by atomic mass is 16.3. The number of fused-ring (bicyclic) bond motifs is 1. The molecular weight excluding hydrogens is 652 g/mol. The van der Waals surface area contributed by atoms with Gasteiger partial charge in [-0.3, -0.25) is 29.0 Å². The van der Waals surface area contributed by atoms with E-state index in [0.29, 0.717) is 37.7 Å². The molecule has 5 amide bonds. The van der Waals surface area contributed by atoms with Crippen molar-refractivity contribution in [2.75, 3.05) is 13.1 Å². The van der Waals surface area contributed by atoms with Crippen molar-refractivity contribution in [1.82, 2.24) is 26.6 Å². The maximum atomic E-state index is 14.2. The average molecular weight is 699 g/mol. The Morgan fingerprint density at radius 2 is 1.41 bits per heavy atom. The topological polar surface area (TPSA) is 230 Å². The van der Waals surface area contributed by atoms with E-state index in [2.05, 4.69) is 31.6 Å². The molecular formula is C37H46N8O6. The van der Waals surface area contributed by atoms with Crippen molar-refractivity contribution in [2.45, 2.75) is 81.5 Å². The standard InChI is InChI=1S/C37H46N8O6/c38-36(39)40-18-6-9-28-33(49)43-29(21-24-10-13-25-7-2-3-8-26(25)19-24)32(48)41-22-31(47)42-30(20-23-11-14-27(46)15-12-23)34(50)45-37(35(51)44-28)16-4-1-5-17-37/h2-3,7-8,10-15,19,28-30,46H,1,4-6,9,16-18,20-22H2,(H,41,48)(H,42,47)(H,43,49)(H,44,51)(H,45,50)(H4,38,39,40)/t28-,29-,30+/m0/s1. The first-order valence-corrected chi connectivity index (χ1v) is 17.3. The number of phenolic OH excluding ortho intramolecular Hbond substituents is 1. The summed E-state index contributed by atoms with van der Waals surface area (Å²) >= 11 is 0. The average Bonchev–Trinajstić information content (AvgIpc) is 3.12. The van der Waals surface area contributed by atoms with E-state index in [9.17, 15) is 29.1 Å². The van der Waals surface area contributed by atoms with E-state index >= 15 is 0 Å². The third-order valence-corrected chi connectivity index (χ3v) is 9.41. The Kier molecular flexibility index (Phi) is 12.1. The van der Waals surface area contributed by atoms with Gasteiger partial charge in [0.25, 0.3) is 0 Å². The second kappa shape index (κ2) is 16.8. The molecule has 2 fully saturated rings. The predicted molar refractivity (Wildman–Crippen MR) is 192 cm³/mol. The van der Waals surface area contributed by atoms with Crippen molar-refractivity contribution >= 4 is 46.3 Å². The van der Waals surface area contributed by atoms with E-state index in [1.165, 1.54) is 12.1 Å². The largest absolute Gasteiger partial charge is 0.508 e. The first-order valence-electron chi connectivity index (χ1n) is 17.3. The number of nitrogens with two attached hydrogens (primary N) is 2. The van der Waals surface area contributed by atoms with Crippen LogP contribution in [0.5, 0.6) is 5.75 Å². The van der Waals surface area contributed by atoms with Crippen LogP contribution in [-0.2, 0) is 36.8 Å². The van der Waals surface area contributed by atoms with Crippen LogP contribution in [0, 0.1) is 0 Å². The lowest BCUT2D eigenvalue weighted by Gasteiger charge is -2.38. The number of aliphatic imine (C=N–C) groups is 1. The van der Waals surface area contributed by atoms with Crippen LogP contribution in [0.25, 0.3) is 10.8 Å². The summed E-state index contributed by atoms with van der Waals surface area (Å²) in [5.41, 5.74) is 11.1. The van der Waals surface area contributed by atoms with Gasteiger partial charge < -0.3 is 43.2 Å². The first kappa shape index (κ1) is 36.6. The summed E-state index contributed by atoms with van der Waals surface area (Å²) in [6.45, 7) is -0.260. The molecule has 1 heterocycles. The number of phenols is 1. The molecule has 5 rings (SSSR count). The lowest BCUT2D eigenvalue weighted by atomic mass is 9.80. The molecule has 10 N–H and O–H groups in total. The van der Waals surface area contributed by atoms with E-state index < -0.39 is 59.7 Å². The van der Waals surface area contributed by atoms with Crippen LogP contribution >= 0.6 is 0 Å². The van der Waals surface area contributed by atoms with Gasteiger partial charge in [0, 0.05) is 19.4 Å². The van der Waals surface area contributed by atoms with Gasteiger partial charge in [0.05, 0.1) is 6.54 Å². The summed E-state index contributed by atoms with van der Waals surface area (Å²) in [7, 11) is 0. The van der Waals surface area contributed by atoms with Gasteiger partial charge in [-0.15, -0.1) is 0 Å². The summed E-state index contributed by atoms with van der Waals surface area (Å²) < 4.78 is 0. The number of aromatic hydroxyl groups is 1. The SMILES string of the molecule is NC(N)=NCCC[C@@H]1NC(=O)C2(CCCCC2)NC(=O)[C@@H](Cc2ccc(O)cc2)NC(=O)CNC(=O)[C@H](Cc2ccc3ccccc3c2)NC1=O. The molecule has 0 unspecified atom stereocenters. The molecule has 1 spiro atoms. The van der Waals surface area contributed by atoms with Crippen molar-refractivity contribution in [3.05, 3.63) is 77.9 Å². The summed E-state index contributed by atoms with van der Waals surface area (Å²) in [4.78, 5) is 73.1. The fourth-order valence-corrected chi connectivity index (χ4v) is 6.65. The minimum absolute atomic E-state index is 0.0455. The highest BCUT2D eigenvalue weighted by molar-refractivity contribution is 5.99. The first-order chi connectivity index (χ1) is 24.5. The summed E-state index contributed by atoms with van der Waals surface area (Å²) in [5.74, 6) is -3.02. The van der Waals surface area contributed by atoms with Gasteiger partial charge in [-0.25, -0.2) is 0 Å². The minimum Gasteiger partial charge on any atom is -0.508 e. The molecule has 270 valence electrons. The van der Waals surface area contributed by atoms with E-state index in [1.807, 2.05) is 42.5 Å². The Morgan fingerprint density at radius 3 is 2.14 bits per heavy atom. The van der Waals surface area contributed by atoms with Crippen molar-refractivity contribution in [3.8, 4) is 5.75 Å². The Balaban J connectivity index is 1.48. The fourth-order valence-electron chi connectivity index (χ4n) is 6.65. The number of hydrogen-bond acceptors (Lipinski definition) is 7. The number of carbonyl (C=O) groups is 5. The number of carbonyl (C=O) groups excluding carboxylic acids is 5. The summed E-state index contributed by atoms with van der Waals surface area (Å²) in [6, 6.07) is 16.4. The van der Waals surface area contributed by atoms with E-state index in [4.69, 9.17) is 11.5 Å². The molecule has 51 heavy (non-hydrogen) atoms. The number of benzene rings is 3. The smallest absolute Gasteiger partial charge is 0.246 e. The molecule has 3 atom stereocenters. The Morgan fingerprint density at radius 1 is 0.745 bits per heavy atom. The van der Waals surface area contributed by atoms with Crippen LogP contribution in [-0.4, -0.2) is 77.4 Å². The lowest BCUT2D eigenvalue weighted by Crippen LogP contribution is -2.65. The third-order valence-electron chi connectivity index (χ3n) is 9.41. The Labute approximate surface area is 296 Å². The Bertz CT molecular complexity index is 1770. The summed E-state index contributed by atoms with van der Waals surface area (Å²) in [5, 5.41) is 25.7. The van der Waals surface area contributed by atoms with Crippen molar-refractivity contribution in [1.29, 1.82) is 0 Å². The molecule has 1 saturated heterocycles. The number of amides is 5. The third kappa shape index (κ3) is 9.96. The molecule has 0 radical (unpaired) electrons. The van der Waals surface area contributed by atoms with Crippen LogP contribution in [0.4, 0.5) is 0 Å². The number of nitrogens with one attached hydrogen (secondary N) is 5. The van der Waals surface area contributed by atoms with Crippen molar-refractivity contribution in [2.24, 2.45) is 16.5 Å². The van der Waals surface area contributed by atoms with Crippen LogP contribution in [0.1, 0.15) is 56.1 Å². The second-order valence-corrected chi connectivity index (χ2v) is 13.3. The van der Waals surface area contributed by atoms with Gasteiger partial charge in [-0.1, -0.05) is 73.9 Å². The molecule has 0 aromatic heterocycles. The molecule has 2 aliphatic rings. The molecule has 14 heteroatoms. The van der Waals surface area contributed by atoms with E-state index in [-0.39, 0.29) is 37.5 Å².